The standard InChI is InChI=1S/C5H3N3O/c1-4-2-9-3-5(4)7-8-6-1/h1-3H. The molecule has 0 aliphatic carbocycles. The summed E-state index contributed by atoms with van der Waals surface area (Å²) in [5.41, 5.74) is 0.741. The Morgan fingerprint density at radius 3 is 3.22 bits per heavy atom. The molecule has 0 fully saturated rings. The normalized spacial score (nSPS) is 10.2. The quantitative estimate of drug-likeness (QED) is 0.512. The van der Waals surface area contributed by atoms with Gasteiger partial charge in [0.05, 0.1) is 11.6 Å². The van der Waals surface area contributed by atoms with E-state index in [0.29, 0.717) is 0 Å². The number of aromatic nitrogens is 3. The van der Waals surface area contributed by atoms with E-state index in [-0.39, 0.29) is 0 Å². The van der Waals surface area contributed by atoms with Crippen LogP contribution < -0.4 is 0 Å². The van der Waals surface area contributed by atoms with Gasteiger partial charge in [0.1, 0.15) is 18.0 Å². The minimum absolute atomic E-state index is 0.741. The Labute approximate surface area is 50.5 Å². The van der Waals surface area contributed by atoms with Gasteiger partial charge in [-0.05, 0) is 5.21 Å². The lowest BCUT2D eigenvalue weighted by Gasteiger charge is -1.77. The lowest BCUT2D eigenvalue weighted by Crippen LogP contribution is -1.81. The number of hydrogen-bond acceptors (Lipinski definition) is 4. The van der Waals surface area contributed by atoms with Crippen molar-refractivity contribution in [2.45, 2.75) is 0 Å². The molecule has 0 bridgehead atoms. The van der Waals surface area contributed by atoms with Gasteiger partial charge >= 0.3 is 0 Å². The zero-order valence-corrected chi connectivity index (χ0v) is 4.48. The highest BCUT2D eigenvalue weighted by atomic mass is 16.3. The summed E-state index contributed by atoms with van der Waals surface area (Å²) in [6, 6.07) is 0. The number of hydrogen-bond donors (Lipinski definition) is 0. The molecule has 9 heavy (non-hydrogen) atoms. The van der Waals surface area contributed by atoms with E-state index in [0.717, 1.165) is 10.9 Å². The minimum Gasteiger partial charge on any atom is -0.470 e. The lowest BCUT2D eigenvalue weighted by molar-refractivity contribution is 0.571. The number of fused-ring (bicyclic) bond motifs is 1. The van der Waals surface area contributed by atoms with Crippen molar-refractivity contribution in [3.63, 3.8) is 0 Å². The predicted molar refractivity (Wildman–Crippen MR) is 29.6 cm³/mol. The van der Waals surface area contributed by atoms with E-state index in [4.69, 9.17) is 4.42 Å². The maximum absolute atomic E-state index is 4.82. The summed E-state index contributed by atoms with van der Waals surface area (Å²) in [5, 5.41) is 11.6. The SMILES string of the molecule is c1nnnc2cocc12. The highest BCUT2D eigenvalue weighted by Gasteiger charge is 1.93. The summed E-state index contributed by atoms with van der Waals surface area (Å²) in [7, 11) is 0. The van der Waals surface area contributed by atoms with Gasteiger partial charge in [-0.3, -0.25) is 0 Å². The first kappa shape index (κ1) is 4.43. The summed E-state index contributed by atoms with van der Waals surface area (Å²) in [6.07, 6.45) is 4.72. The molecule has 0 aliphatic rings. The van der Waals surface area contributed by atoms with Gasteiger partial charge in [-0.2, -0.15) is 0 Å². The molecular formula is C5H3N3O. The first-order chi connectivity index (χ1) is 4.47. The Bertz CT molecular complexity index is 286. The van der Waals surface area contributed by atoms with Crippen LogP contribution in [-0.2, 0) is 0 Å². The largest absolute Gasteiger partial charge is 0.470 e. The molecule has 0 aromatic carbocycles. The van der Waals surface area contributed by atoms with Crippen LogP contribution in [0.3, 0.4) is 0 Å². The highest BCUT2D eigenvalue weighted by Crippen LogP contribution is 2.07. The topological polar surface area (TPSA) is 51.8 Å². The van der Waals surface area contributed by atoms with Crippen LogP contribution in [0, 0.1) is 0 Å². The van der Waals surface area contributed by atoms with E-state index >= 15 is 0 Å². The maximum atomic E-state index is 4.82. The summed E-state index contributed by atoms with van der Waals surface area (Å²) in [6.45, 7) is 0. The van der Waals surface area contributed by atoms with Gasteiger partial charge in [-0.1, -0.05) is 0 Å². The summed E-state index contributed by atoms with van der Waals surface area (Å²) in [5.74, 6) is 0. The molecule has 0 N–H and O–H groups in total. The molecule has 0 amide bonds. The maximum Gasteiger partial charge on any atom is 0.134 e. The predicted octanol–water partition coefficient (Wildman–Crippen LogP) is 0.618. The molecule has 2 aromatic heterocycles. The van der Waals surface area contributed by atoms with Gasteiger partial charge in [0.15, 0.2) is 0 Å². The molecule has 44 valence electrons. The van der Waals surface area contributed by atoms with Crippen LogP contribution in [0.1, 0.15) is 0 Å². The molecule has 2 rings (SSSR count). The van der Waals surface area contributed by atoms with E-state index in [1.54, 1.807) is 12.5 Å². The van der Waals surface area contributed by atoms with Crippen molar-refractivity contribution in [2.75, 3.05) is 0 Å². The molecular weight excluding hydrogens is 118 g/mol. The van der Waals surface area contributed by atoms with Crippen molar-refractivity contribution < 1.29 is 4.42 Å². The van der Waals surface area contributed by atoms with Gasteiger partial charge in [0.2, 0.25) is 0 Å². The molecule has 0 atom stereocenters. The molecule has 0 aliphatic heterocycles. The fourth-order valence-corrected chi connectivity index (χ4v) is 0.640. The molecule has 0 spiro atoms. The van der Waals surface area contributed by atoms with E-state index in [1.807, 2.05) is 0 Å². The number of rotatable bonds is 0. The smallest absolute Gasteiger partial charge is 0.134 e. The highest BCUT2D eigenvalue weighted by molar-refractivity contribution is 5.74. The van der Waals surface area contributed by atoms with Gasteiger partial charge in [-0.25, -0.2) is 0 Å². The monoisotopic (exact) mass is 121 g/mol. The van der Waals surface area contributed by atoms with Gasteiger partial charge in [0, 0.05) is 0 Å². The van der Waals surface area contributed by atoms with Crippen LogP contribution in [0.2, 0.25) is 0 Å². The zero-order chi connectivity index (χ0) is 6.10. The molecule has 0 radical (unpaired) electrons. The average Bonchev–Trinajstić information content (AvgIpc) is 2.33. The van der Waals surface area contributed by atoms with Gasteiger partial charge in [0.25, 0.3) is 0 Å². The molecule has 0 saturated heterocycles. The molecule has 2 heterocycles. The van der Waals surface area contributed by atoms with Gasteiger partial charge < -0.3 is 4.42 Å². The van der Waals surface area contributed by atoms with Crippen LogP contribution in [-0.4, -0.2) is 15.4 Å². The second-order valence-electron chi connectivity index (χ2n) is 1.65. The fourth-order valence-electron chi connectivity index (χ4n) is 0.640. The molecule has 4 nitrogen and oxygen atoms in total. The second-order valence-corrected chi connectivity index (χ2v) is 1.65. The van der Waals surface area contributed by atoms with Crippen LogP contribution in [0.5, 0.6) is 0 Å². The Hall–Kier alpha value is -1.45. The average molecular weight is 121 g/mol. The van der Waals surface area contributed by atoms with E-state index in [9.17, 15) is 0 Å². The van der Waals surface area contributed by atoms with Crippen molar-refractivity contribution in [1.29, 1.82) is 0 Å². The third-order valence-electron chi connectivity index (χ3n) is 1.07. The Morgan fingerprint density at radius 2 is 2.33 bits per heavy atom. The van der Waals surface area contributed by atoms with Gasteiger partial charge in [-0.15, -0.1) is 10.2 Å². The Morgan fingerprint density at radius 1 is 1.33 bits per heavy atom. The zero-order valence-electron chi connectivity index (χ0n) is 4.48. The van der Waals surface area contributed by atoms with Crippen LogP contribution in [0.25, 0.3) is 10.9 Å². The number of furan rings is 1. The third-order valence-corrected chi connectivity index (χ3v) is 1.07. The van der Waals surface area contributed by atoms with E-state index in [1.165, 1.54) is 6.26 Å². The Balaban J connectivity index is 2.95. The van der Waals surface area contributed by atoms with Crippen LogP contribution in [0.15, 0.2) is 23.1 Å². The number of nitrogens with zero attached hydrogens (tertiary/aromatic N) is 3. The summed E-state index contributed by atoms with van der Waals surface area (Å²) < 4.78 is 4.82. The van der Waals surface area contributed by atoms with Crippen molar-refractivity contribution in [3.8, 4) is 0 Å². The summed E-state index contributed by atoms with van der Waals surface area (Å²) >= 11 is 0. The summed E-state index contributed by atoms with van der Waals surface area (Å²) in [4.78, 5) is 0. The van der Waals surface area contributed by atoms with Crippen molar-refractivity contribution in [3.05, 3.63) is 18.7 Å². The molecule has 4 heteroatoms. The van der Waals surface area contributed by atoms with Crippen molar-refractivity contribution in [2.24, 2.45) is 0 Å². The van der Waals surface area contributed by atoms with Crippen LogP contribution in [0.4, 0.5) is 0 Å². The van der Waals surface area contributed by atoms with Crippen LogP contribution >= 0.6 is 0 Å². The van der Waals surface area contributed by atoms with Crippen molar-refractivity contribution >= 4 is 10.9 Å². The Kier molecular flexibility index (Phi) is 0.745. The minimum atomic E-state index is 0.741. The third kappa shape index (κ3) is 0.561. The second kappa shape index (κ2) is 1.51. The first-order valence-corrected chi connectivity index (χ1v) is 2.47. The van der Waals surface area contributed by atoms with E-state index in [2.05, 4.69) is 15.4 Å². The molecule has 2 aromatic rings. The first-order valence-electron chi connectivity index (χ1n) is 2.47. The lowest BCUT2D eigenvalue weighted by atomic mass is 10.4. The molecule has 0 unspecified atom stereocenters. The van der Waals surface area contributed by atoms with E-state index < -0.39 is 0 Å². The molecule has 0 saturated carbocycles. The van der Waals surface area contributed by atoms with Crippen molar-refractivity contribution in [1.82, 2.24) is 15.4 Å². The fraction of sp³-hybridized carbons (Fsp3) is 0.